The Morgan fingerprint density at radius 2 is 2.17 bits per heavy atom. The van der Waals surface area contributed by atoms with Crippen LogP contribution in [0.25, 0.3) is 6.08 Å². The molecule has 2 rings (SSSR count). The summed E-state index contributed by atoms with van der Waals surface area (Å²) in [5, 5.41) is 14.6. The summed E-state index contributed by atoms with van der Waals surface area (Å²) in [7, 11) is 0. The van der Waals surface area contributed by atoms with Gasteiger partial charge in [-0.2, -0.15) is 5.10 Å². The third kappa shape index (κ3) is 4.80. The number of rotatable bonds is 7. The molecule has 8 heteroatoms. The van der Waals surface area contributed by atoms with Crippen LogP contribution in [0, 0.1) is 10.1 Å². The molecular formula is C16H15N3O5. The molecule has 1 unspecified atom stereocenters. The van der Waals surface area contributed by atoms with Gasteiger partial charge in [0.05, 0.1) is 11.2 Å². The van der Waals surface area contributed by atoms with Crippen LogP contribution < -0.4 is 10.2 Å². The number of amides is 1. The number of para-hydroxylation sites is 2. The number of hydrogen-bond acceptors (Lipinski definition) is 6. The number of hydrazone groups is 1. The van der Waals surface area contributed by atoms with Crippen LogP contribution in [0.1, 0.15) is 12.7 Å². The van der Waals surface area contributed by atoms with E-state index in [-0.39, 0.29) is 11.4 Å². The van der Waals surface area contributed by atoms with Gasteiger partial charge in [-0.3, -0.25) is 14.9 Å². The predicted molar refractivity (Wildman–Crippen MR) is 87.6 cm³/mol. The van der Waals surface area contributed by atoms with Gasteiger partial charge in [-0.05, 0) is 37.3 Å². The van der Waals surface area contributed by atoms with E-state index in [1.54, 1.807) is 36.6 Å². The van der Waals surface area contributed by atoms with Gasteiger partial charge in [0.1, 0.15) is 5.76 Å². The van der Waals surface area contributed by atoms with E-state index in [1.165, 1.54) is 31.3 Å². The highest BCUT2D eigenvalue weighted by atomic mass is 16.6. The molecule has 0 fully saturated rings. The molecular weight excluding hydrogens is 314 g/mol. The molecule has 8 nitrogen and oxygen atoms in total. The first-order chi connectivity index (χ1) is 11.6. The van der Waals surface area contributed by atoms with E-state index in [9.17, 15) is 14.9 Å². The standard InChI is InChI=1S/C16H15N3O5/c1-12(24-15-9-3-2-8-14(15)19(21)22)16(20)18-17-10-4-6-13-7-5-11-23-13/h2-12H,1H3,(H,18,20)/b6-4+,17-10+. The molecule has 24 heavy (non-hydrogen) atoms. The van der Waals surface area contributed by atoms with Crippen molar-refractivity contribution in [2.75, 3.05) is 0 Å². The second-order valence-electron chi connectivity index (χ2n) is 4.61. The molecule has 124 valence electrons. The zero-order valence-corrected chi connectivity index (χ0v) is 12.8. The van der Waals surface area contributed by atoms with E-state index in [0.717, 1.165) is 0 Å². The van der Waals surface area contributed by atoms with Crippen LogP contribution in [0.15, 0.2) is 58.3 Å². The highest BCUT2D eigenvalue weighted by Crippen LogP contribution is 2.26. The van der Waals surface area contributed by atoms with Crippen molar-refractivity contribution in [2.45, 2.75) is 13.0 Å². The van der Waals surface area contributed by atoms with Gasteiger partial charge < -0.3 is 9.15 Å². The Hall–Kier alpha value is -3.42. The molecule has 0 saturated carbocycles. The van der Waals surface area contributed by atoms with Crippen LogP contribution in [0.2, 0.25) is 0 Å². The van der Waals surface area contributed by atoms with E-state index >= 15 is 0 Å². The number of carbonyl (C=O) groups excluding carboxylic acids is 1. The van der Waals surface area contributed by atoms with E-state index in [1.807, 2.05) is 0 Å². The lowest BCUT2D eigenvalue weighted by Crippen LogP contribution is -2.33. The minimum absolute atomic E-state index is 0.0202. The lowest BCUT2D eigenvalue weighted by molar-refractivity contribution is -0.386. The van der Waals surface area contributed by atoms with Crippen LogP contribution in [-0.4, -0.2) is 23.1 Å². The lowest BCUT2D eigenvalue weighted by Gasteiger charge is -2.12. The van der Waals surface area contributed by atoms with Crippen LogP contribution in [0.4, 0.5) is 5.69 Å². The molecule has 0 bridgehead atoms. The maximum atomic E-state index is 11.9. The summed E-state index contributed by atoms with van der Waals surface area (Å²) in [6, 6.07) is 9.36. The number of furan rings is 1. The van der Waals surface area contributed by atoms with Crippen molar-refractivity contribution in [3.05, 3.63) is 64.6 Å². The summed E-state index contributed by atoms with van der Waals surface area (Å²) in [5.41, 5.74) is 2.08. The summed E-state index contributed by atoms with van der Waals surface area (Å²) in [5.74, 6) is 0.142. The average molecular weight is 329 g/mol. The molecule has 1 heterocycles. The Bertz CT molecular complexity index is 753. The summed E-state index contributed by atoms with van der Waals surface area (Å²) < 4.78 is 10.4. The van der Waals surface area contributed by atoms with E-state index in [0.29, 0.717) is 5.76 Å². The molecule has 1 atom stereocenters. The molecule has 0 saturated heterocycles. The molecule has 2 aromatic rings. The number of hydrogen-bond donors (Lipinski definition) is 1. The summed E-state index contributed by atoms with van der Waals surface area (Å²) >= 11 is 0. The Kier molecular flexibility index (Phi) is 5.84. The third-order valence-electron chi connectivity index (χ3n) is 2.87. The highest BCUT2D eigenvalue weighted by Gasteiger charge is 2.20. The fraction of sp³-hybridized carbons (Fsp3) is 0.125. The van der Waals surface area contributed by atoms with Crippen LogP contribution in [0.3, 0.4) is 0 Å². The van der Waals surface area contributed by atoms with Crippen molar-refractivity contribution in [1.82, 2.24) is 5.43 Å². The lowest BCUT2D eigenvalue weighted by atomic mass is 10.3. The molecule has 0 radical (unpaired) electrons. The smallest absolute Gasteiger partial charge is 0.310 e. The summed E-state index contributed by atoms with van der Waals surface area (Å²) in [4.78, 5) is 22.2. The Morgan fingerprint density at radius 1 is 1.38 bits per heavy atom. The number of allylic oxidation sites excluding steroid dienone is 1. The van der Waals surface area contributed by atoms with Crippen LogP contribution in [-0.2, 0) is 4.79 Å². The monoisotopic (exact) mass is 329 g/mol. The quantitative estimate of drug-likeness (QED) is 0.477. The number of benzene rings is 1. The van der Waals surface area contributed by atoms with Gasteiger partial charge >= 0.3 is 5.69 Å². The largest absolute Gasteiger partial charge is 0.474 e. The maximum absolute atomic E-state index is 11.9. The van der Waals surface area contributed by atoms with Crippen LogP contribution in [0.5, 0.6) is 5.75 Å². The molecule has 0 aliphatic heterocycles. The van der Waals surface area contributed by atoms with Crippen molar-refractivity contribution >= 4 is 23.9 Å². The van der Waals surface area contributed by atoms with Crippen LogP contribution >= 0.6 is 0 Å². The maximum Gasteiger partial charge on any atom is 0.310 e. The number of nitrogens with one attached hydrogen (secondary N) is 1. The van der Waals surface area contributed by atoms with Crippen molar-refractivity contribution in [2.24, 2.45) is 5.10 Å². The van der Waals surface area contributed by atoms with Crippen molar-refractivity contribution < 1.29 is 18.9 Å². The first-order valence-electron chi connectivity index (χ1n) is 7.01. The van der Waals surface area contributed by atoms with E-state index in [2.05, 4.69) is 10.5 Å². The molecule has 0 aliphatic carbocycles. The second-order valence-corrected chi connectivity index (χ2v) is 4.61. The Morgan fingerprint density at radius 3 is 2.88 bits per heavy atom. The van der Waals surface area contributed by atoms with Gasteiger partial charge in [-0.15, -0.1) is 0 Å². The molecule has 1 aromatic heterocycles. The van der Waals surface area contributed by atoms with E-state index < -0.39 is 16.9 Å². The Balaban J connectivity index is 1.87. The minimum atomic E-state index is -0.947. The van der Waals surface area contributed by atoms with Crippen molar-refractivity contribution in [1.29, 1.82) is 0 Å². The Labute approximate surface area is 137 Å². The number of ether oxygens (including phenoxy) is 1. The zero-order valence-electron chi connectivity index (χ0n) is 12.8. The first-order valence-corrected chi connectivity index (χ1v) is 7.01. The van der Waals surface area contributed by atoms with Gasteiger partial charge in [-0.1, -0.05) is 12.1 Å². The fourth-order valence-corrected chi connectivity index (χ4v) is 1.71. The summed E-state index contributed by atoms with van der Waals surface area (Å²) in [6.07, 6.45) is 5.23. The summed E-state index contributed by atoms with van der Waals surface area (Å²) in [6.45, 7) is 1.47. The topological polar surface area (TPSA) is 107 Å². The number of nitro benzene ring substituents is 1. The van der Waals surface area contributed by atoms with E-state index in [4.69, 9.17) is 9.15 Å². The number of carbonyl (C=O) groups is 1. The fourth-order valence-electron chi connectivity index (χ4n) is 1.71. The molecule has 1 aromatic carbocycles. The first kappa shape index (κ1) is 16.9. The molecule has 1 N–H and O–H groups in total. The molecule has 0 spiro atoms. The van der Waals surface area contributed by atoms with Gasteiger partial charge in [-0.25, -0.2) is 5.43 Å². The number of nitrogens with zero attached hydrogens (tertiary/aromatic N) is 2. The average Bonchev–Trinajstić information content (AvgIpc) is 3.08. The number of nitro groups is 1. The molecule has 1 amide bonds. The second kappa shape index (κ2) is 8.28. The third-order valence-corrected chi connectivity index (χ3v) is 2.87. The molecule has 0 aliphatic rings. The zero-order chi connectivity index (χ0) is 17.4. The van der Waals surface area contributed by atoms with Crippen molar-refractivity contribution in [3.8, 4) is 5.75 Å². The predicted octanol–water partition coefficient (Wildman–Crippen LogP) is 2.77. The van der Waals surface area contributed by atoms with Gasteiger partial charge in [0, 0.05) is 12.3 Å². The van der Waals surface area contributed by atoms with Crippen molar-refractivity contribution in [3.63, 3.8) is 0 Å². The highest BCUT2D eigenvalue weighted by molar-refractivity contribution is 5.83. The van der Waals surface area contributed by atoms with Gasteiger partial charge in [0.15, 0.2) is 11.9 Å². The minimum Gasteiger partial charge on any atom is -0.474 e. The SMILES string of the molecule is CC(Oc1ccccc1[N+](=O)[O-])C(=O)N/N=C/C=C/c1ccco1. The normalized spacial score (nSPS) is 12.4. The van der Waals surface area contributed by atoms with Gasteiger partial charge in [0.2, 0.25) is 0 Å². The van der Waals surface area contributed by atoms with Gasteiger partial charge in [0.25, 0.3) is 5.91 Å².